The summed E-state index contributed by atoms with van der Waals surface area (Å²) in [6.07, 6.45) is 10.0. The zero-order valence-corrected chi connectivity index (χ0v) is 15.2. The first kappa shape index (κ1) is 18.2. The van der Waals surface area contributed by atoms with Crippen molar-refractivity contribution in [3.05, 3.63) is 47.8 Å². The van der Waals surface area contributed by atoms with Crippen molar-refractivity contribution in [1.29, 1.82) is 0 Å². The molecule has 0 spiro atoms. The van der Waals surface area contributed by atoms with E-state index in [1.165, 1.54) is 19.3 Å². The molecule has 0 unspecified atom stereocenters. The van der Waals surface area contributed by atoms with Gasteiger partial charge in [0.1, 0.15) is 5.75 Å². The van der Waals surface area contributed by atoms with Crippen molar-refractivity contribution in [2.24, 2.45) is 0 Å². The zero-order valence-electron chi connectivity index (χ0n) is 15.2. The van der Waals surface area contributed by atoms with Crippen molar-refractivity contribution in [2.45, 2.75) is 44.6 Å². The van der Waals surface area contributed by atoms with Gasteiger partial charge < -0.3 is 15.4 Å². The number of para-hydroxylation sites is 1. The van der Waals surface area contributed by atoms with Crippen LogP contribution < -0.4 is 15.4 Å². The van der Waals surface area contributed by atoms with Crippen molar-refractivity contribution in [1.82, 2.24) is 15.3 Å². The predicted octanol–water partition coefficient (Wildman–Crippen LogP) is 3.20. The lowest BCUT2D eigenvalue weighted by Gasteiger charge is -2.22. The highest BCUT2D eigenvalue weighted by molar-refractivity contribution is 5.93. The molecule has 2 N–H and O–H groups in total. The number of hydrogen-bond donors (Lipinski definition) is 2. The van der Waals surface area contributed by atoms with Gasteiger partial charge in [-0.1, -0.05) is 37.5 Å². The lowest BCUT2D eigenvalue weighted by molar-refractivity contribution is 0.0953. The van der Waals surface area contributed by atoms with Gasteiger partial charge in [-0.25, -0.2) is 9.97 Å². The van der Waals surface area contributed by atoms with E-state index in [0.29, 0.717) is 30.5 Å². The van der Waals surface area contributed by atoms with Crippen LogP contribution >= 0.6 is 0 Å². The number of carbonyl (C=O) groups excluding carboxylic acids is 1. The smallest absolute Gasteiger partial charge is 0.254 e. The molecule has 0 aliphatic heterocycles. The van der Waals surface area contributed by atoms with Gasteiger partial charge in [0.25, 0.3) is 5.91 Å². The predicted molar refractivity (Wildman–Crippen MR) is 102 cm³/mol. The van der Waals surface area contributed by atoms with E-state index in [2.05, 4.69) is 20.6 Å². The highest BCUT2D eigenvalue weighted by Gasteiger charge is 2.14. The number of benzene rings is 1. The topological polar surface area (TPSA) is 76.1 Å². The molecule has 1 aromatic heterocycles. The maximum Gasteiger partial charge on any atom is 0.254 e. The molecule has 2 aromatic rings. The van der Waals surface area contributed by atoms with Gasteiger partial charge in [0.15, 0.2) is 0 Å². The summed E-state index contributed by atoms with van der Waals surface area (Å²) in [5, 5.41) is 6.26. The van der Waals surface area contributed by atoms with E-state index in [4.69, 9.17) is 4.74 Å². The fourth-order valence-electron chi connectivity index (χ4n) is 3.27. The Morgan fingerprint density at radius 3 is 2.62 bits per heavy atom. The largest absolute Gasteiger partial charge is 0.496 e. The van der Waals surface area contributed by atoms with Gasteiger partial charge in [0.2, 0.25) is 5.95 Å². The normalized spacial score (nSPS) is 14.7. The summed E-state index contributed by atoms with van der Waals surface area (Å²) < 4.78 is 5.32. The van der Waals surface area contributed by atoms with E-state index in [0.717, 1.165) is 24.2 Å². The molecule has 0 saturated heterocycles. The Bertz CT molecular complexity index is 712. The van der Waals surface area contributed by atoms with E-state index >= 15 is 0 Å². The van der Waals surface area contributed by atoms with Crippen molar-refractivity contribution in [3.63, 3.8) is 0 Å². The maximum absolute atomic E-state index is 12.2. The Labute approximate surface area is 154 Å². The Morgan fingerprint density at radius 1 is 1.15 bits per heavy atom. The number of nitrogens with zero attached hydrogens (tertiary/aromatic N) is 2. The molecule has 1 aromatic carbocycles. The summed E-state index contributed by atoms with van der Waals surface area (Å²) in [7, 11) is 1.65. The van der Waals surface area contributed by atoms with E-state index in [1.807, 2.05) is 24.3 Å². The Balaban J connectivity index is 1.48. The van der Waals surface area contributed by atoms with Crippen LogP contribution in [0.2, 0.25) is 0 Å². The van der Waals surface area contributed by atoms with Gasteiger partial charge in [-0.3, -0.25) is 4.79 Å². The van der Waals surface area contributed by atoms with E-state index < -0.39 is 0 Å². The number of rotatable bonds is 7. The molecule has 3 rings (SSSR count). The lowest BCUT2D eigenvalue weighted by Crippen LogP contribution is -2.27. The number of aromatic nitrogens is 2. The Morgan fingerprint density at radius 2 is 1.88 bits per heavy atom. The molecule has 6 heteroatoms. The number of nitrogens with one attached hydrogen (secondary N) is 2. The van der Waals surface area contributed by atoms with Crippen LogP contribution in [0.15, 0.2) is 36.7 Å². The van der Waals surface area contributed by atoms with Gasteiger partial charge in [0.05, 0.1) is 12.7 Å². The summed E-state index contributed by atoms with van der Waals surface area (Å²) in [4.78, 5) is 20.8. The minimum Gasteiger partial charge on any atom is -0.496 e. The van der Waals surface area contributed by atoms with Crippen LogP contribution in [0.25, 0.3) is 0 Å². The molecule has 138 valence electrons. The van der Waals surface area contributed by atoms with Crippen LogP contribution in [0.1, 0.15) is 48.0 Å². The molecule has 1 saturated carbocycles. The molecule has 0 radical (unpaired) electrons. The summed E-state index contributed by atoms with van der Waals surface area (Å²) >= 11 is 0. The highest BCUT2D eigenvalue weighted by Crippen LogP contribution is 2.20. The van der Waals surface area contributed by atoms with Gasteiger partial charge in [-0.05, 0) is 30.9 Å². The number of anilines is 1. The number of amides is 1. The number of hydrogen-bond acceptors (Lipinski definition) is 5. The Kier molecular flexibility index (Phi) is 6.41. The molecule has 1 fully saturated rings. The van der Waals surface area contributed by atoms with Gasteiger partial charge in [-0.15, -0.1) is 0 Å². The quantitative estimate of drug-likeness (QED) is 0.798. The van der Waals surface area contributed by atoms with Gasteiger partial charge in [-0.2, -0.15) is 0 Å². The molecule has 1 aliphatic carbocycles. The molecule has 1 aliphatic rings. The molecule has 26 heavy (non-hydrogen) atoms. The van der Waals surface area contributed by atoms with Crippen LogP contribution in [0.3, 0.4) is 0 Å². The standard InChI is InChI=1S/C20H26N4O2/c1-26-18-10-6-5-7-15(18)11-12-21-19(25)16-13-22-20(23-14-16)24-17-8-3-2-4-9-17/h5-7,10,13-14,17H,2-4,8-9,11-12H2,1H3,(H,21,25)(H,22,23,24). The van der Waals surface area contributed by atoms with E-state index in [-0.39, 0.29) is 5.91 Å². The zero-order chi connectivity index (χ0) is 18.2. The van der Waals surface area contributed by atoms with Crippen LogP contribution in [0.5, 0.6) is 5.75 Å². The third-order valence-corrected chi connectivity index (χ3v) is 4.72. The Hall–Kier alpha value is -2.63. The minimum atomic E-state index is -0.163. The van der Waals surface area contributed by atoms with E-state index in [9.17, 15) is 4.79 Å². The molecular formula is C20H26N4O2. The van der Waals surface area contributed by atoms with Crippen LogP contribution in [0, 0.1) is 0 Å². The fourth-order valence-corrected chi connectivity index (χ4v) is 3.27. The van der Waals surface area contributed by atoms with Crippen LogP contribution in [-0.4, -0.2) is 35.6 Å². The first-order chi connectivity index (χ1) is 12.8. The number of methoxy groups -OCH3 is 1. The molecule has 0 atom stereocenters. The monoisotopic (exact) mass is 354 g/mol. The second-order valence-electron chi connectivity index (χ2n) is 6.59. The molecule has 0 bridgehead atoms. The summed E-state index contributed by atoms with van der Waals surface area (Å²) in [5.74, 6) is 1.27. The molecule has 1 heterocycles. The second kappa shape index (κ2) is 9.17. The fraction of sp³-hybridized carbons (Fsp3) is 0.450. The molecule has 1 amide bonds. The summed E-state index contributed by atoms with van der Waals surface area (Å²) in [6, 6.07) is 8.26. The van der Waals surface area contributed by atoms with Gasteiger partial charge in [0, 0.05) is 25.0 Å². The van der Waals surface area contributed by atoms with Gasteiger partial charge >= 0.3 is 0 Å². The van der Waals surface area contributed by atoms with E-state index in [1.54, 1.807) is 19.5 Å². The van der Waals surface area contributed by atoms with Crippen LogP contribution in [-0.2, 0) is 6.42 Å². The minimum absolute atomic E-state index is 0.163. The third-order valence-electron chi connectivity index (χ3n) is 4.72. The van der Waals surface area contributed by atoms with Crippen molar-refractivity contribution >= 4 is 11.9 Å². The highest BCUT2D eigenvalue weighted by atomic mass is 16.5. The third kappa shape index (κ3) is 4.94. The molecule has 6 nitrogen and oxygen atoms in total. The van der Waals surface area contributed by atoms with Crippen LogP contribution in [0.4, 0.5) is 5.95 Å². The summed E-state index contributed by atoms with van der Waals surface area (Å²) in [5.41, 5.74) is 1.54. The average Bonchev–Trinajstić information content (AvgIpc) is 2.69. The van der Waals surface area contributed by atoms with Crippen molar-refractivity contribution < 1.29 is 9.53 Å². The summed E-state index contributed by atoms with van der Waals surface area (Å²) in [6.45, 7) is 0.529. The first-order valence-electron chi connectivity index (χ1n) is 9.25. The maximum atomic E-state index is 12.2. The number of ether oxygens (including phenoxy) is 1. The second-order valence-corrected chi connectivity index (χ2v) is 6.59. The average molecular weight is 354 g/mol. The number of carbonyl (C=O) groups is 1. The van der Waals surface area contributed by atoms with Crippen molar-refractivity contribution in [2.75, 3.05) is 19.0 Å². The SMILES string of the molecule is COc1ccccc1CCNC(=O)c1cnc(NC2CCCCC2)nc1. The first-order valence-corrected chi connectivity index (χ1v) is 9.25. The molecular weight excluding hydrogens is 328 g/mol. The lowest BCUT2D eigenvalue weighted by atomic mass is 9.96. The van der Waals surface area contributed by atoms with Crippen molar-refractivity contribution in [3.8, 4) is 5.75 Å².